The first-order valence-electron chi connectivity index (χ1n) is 5.90. The summed E-state index contributed by atoms with van der Waals surface area (Å²) in [6, 6.07) is 0. The first-order valence-corrected chi connectivity index (χ1v) is 5.90. The molecule has 2 aliphatic rings. The molecule has 0 aromatic carbocycles. The van der Waals surface area contributed by atoms with E-state index in [0.717, 1.165) is 31.6 Å². The van der Waals surface area contributed by atoms with Gasteiger partial charge in [0.15, 0.2) is 5.78 Å². The van der Waals surface area contributed by atoms with Crippen LogP contribution in [0.2, 0.25) is 0 Å². The quantitative estimate of drug-likeness (QED) is 0.690. The van der Waals surface area contributed by atoms with Gasteiger partial charge in [0, 0.05) is 5.92 Å². The second-order valence-electron chi connectivity index (χ2n) is 4.93. The average molecular weight is 196 g/mol. The van der Waals surface area contributed by atoms with E-state index in [-0.39, 0.29) is 0 Å². The number of carbonyl (C=O) groups excluding carboxylic acids is 1. The highest BCUT2D eigenvalue weighted by molar-refractivity contribution is 5.84. The van der Waals surface area contributed by atoms with Gasteiger partial charge in [0.2, 0.25) is 0 Å². The summed E-state index contributed by atoms with van der Waals surface area (Å²) in [5.41, 5.74) is 0. The average Bonchev–Trinajstić information content (AvgIpc) is 3.00. The van der Waals surface area contributed by atoms with Crippen LogP contribution in [0.3, 0.4) is 0 Å². The maximum Gasteiger partial charge on any atom is 0.161 e. The Labute approximate surface area is 86.0 Å². The summed E-state index contributed by atoms with van der Waals surface area (Å²) < 4.78 is 5.64. The van der Waals surface area contributed by atoms with E-state index in [0.29, 0.717) is 24.4 Å². The molecule has 2 nitrogen and oxygen atoms in total. The third kappa shape index (κ3) is 2.81. The fraction of sp³-hybridized carbons (Fsp3) is 0.917. The van der Waals surface area contributed by atoms with E-state index in [2.05, 4.69) is 6.92 Å². The molecule has 2 saturated carbocycles. The highest BCUT2D eigenvalue weighted by atomic mass is 16.5. The lowest BCUT2D eigenvalue weighted by atomic mass is 9.89. The van der Waals surface area contributed by atoms with E-state index in [1.807, 2.05) is 0 Å². The second kappa shape index (κ2) is 4.43. The summed E-state index contributed by atoms with van der Waals surface area (Å²) >= 11 is 0. The molecule has 2 fully saturated rings. The number of carbonyl (C=O) groups is 1. The zero-order valence-corrected chi connectivity index (χ0v) is 9.00. The van der Waals surface area contributed by atoms with Crippen LogP contribution in [0.4, 0.5) is 0 Å². The van der Waals surface area contributed by atoms with Gasteiger partial charge in [-0.1, -0.05) is 6.92 Å². The number of rotatable bonds is 4. The van der Waals surface area contributed by atoms with Crippen molar-refractivity contribution in [1.29, 1.82) is 0 Å². The van der Waals surface area contributed by atoms with Crippen molar-refractivity contribution in [1.82, 2.24) is 0 Å². The highest BCUT2D eigenvalue weighted by Gasteiger charge is 2.30. The van der Waals surface area contributed by atoms with Gasteiger partial charge in [-0.25, -0.2) is 0 Å². The lowest BCUT2D eigenvalue weighted by molar-refractivity contribution is -0.127. The number of ketones is 1. The Hall–Kier alpha value is -0.370. The van der Waals surface area contributed by atoms with Crippen molar-refractivity contribution in [3.8, 4) is 0 Å². The van der Waals surface area contributed by atoms with E-state index < -0.39 is 0 Å². The van der Waals surface area contributed by atoms with Crippen LogP contribution in [0.15, 0.2) is 0 Å². The molecule has 0 atom stereocenters. The third-order valence-corrected chi connectivity index (χ3v) is 3.46. The molecule has 14 heavy (non-hydrogen) atoms. The van der Waals surface area contributed by atoms with Crippen LogP contribution in [0.25, 0.3) is 0 Å². The molecule has 0 aromatic rings. The Morgan fingerprint density at radius 1 is 1.14 bits per heavy atom. The van der Waals surface area contributed by atoms with E-state index in [1.165, 1.54) is 12.8 Å². The van der Waals surface area contributed by atoms with Crippen molar-refractivity contribution < 1.29 is 9.53 Å². The number of hydrogen-bond donors (Lipinski definition) is 0. The smallest absolute Gasteiger partial charge is 0.161 e. The van der Waals surface area contributed by atoms with Gasteiger partial charge in [0.1, 0.15) is 6.61 Å². The van der Waals surface area contributed by atoms with Crippen molar-refractivity contribution in [3.63, 3.8) is 0 Å². The third-order valence-electron chi connectivity index (χ3n) is 3.46. The highest BCUT2D eigenvalue weighted by Crippen LogP contribution is 2.30. The molecule has 0 saturated heterocycles. The molecule has 0 N–H and O–H groups in total. The van der Waals surface area contributed by atoms with Crippen LogP contribution in [0.1, 0.15) is 45.4 Å². The summed E-state index contributed by atoms with van der Waals surface area (Å²) in [6.45, 7) is 2.68. The molecule has 0 unspecified atom stereocenters. The Balaban J connectivity index is 1.62. The summed E-state index contributed by atoms with van der Waals surface area (Å²) in [5.74, 6) is 1.55. The van der Waals surface area contributed by atoms with Crippen LogP contribution in [0.5, 0.6) is 0 Å². The molecule has 80 valence electrons. The Morgan fingerprint density at radius 3 is 2.36 bits per heavy atom. The Kier molecular flexibility index (Phi) is 3.22. The second-order valence-corrected chi connectivity index (χ2v) is 4.93. The van der Waals surface area contributed by atoms with Crippen LogP contribution >= 0.6 is 0 Å². The maximum atomic E-state index is 11.4. The predicted octanol–water partition coefficient (Wildman–Crippen LogP) is 2.56. The summed E-state index contributed by atoms with van der Waals surface area (Å²) in [4.78, 5) is 11.4. The van der Waals surface area contributed by atoms with Gasteiger partial charge in [0.25, 0.3) is 0 Å². The normalized spacial score (nSPS) is 32.9. The van der Waals surface area contributed by atoms with Crippen molar-refractivity contribution in [2.75, 3.05) is 6.61 Å². The van der Waals surface area contributed by atoms with Crippen molar-refractivity contribution in [2.24, 2.45) is 11.8 Å². The summed E-state index contributed by atoms with van der Waals surface area (Å²) in [7, 11) is 0. The molecular weight excluding hydrogens is 176 g/mol. The topological polar surface area (TPSA) is 26.3 Å². The molecule has 0 amide bonds. The largest absolute Gasteiger partial charge is 0.370 e. The van der Waals surface area contributed by atoms with Gasteiger partial charge < -0.3 is 4.74 Å². The van der Waals surface area contributed by atoms with Gasteiger partial charge in [-0.05, 0) is 44.4 Å². The maximum absolute atomic E-state index is 11.4. The van der Waals surface area contributed by atoms with Crippen LogP contribution < -0.4 is 0 Å². The van der Waals surface area contributed by atoms with Gasteiger partial charge in [-0.3, -0.25) is 4.79 Å². The number of hydrogen-bond acceptors (Lipinski definition) is 2. The molecule has 0 bridgehead atoms. The van der Waals surface area contributed by atoms with Crippen molar-refractivity contribution in [2.45, 2.75) is 51.6 Å². The van der Waals surface area contributed by atoms with Gasteiger partial charge in [-0.15, -0.1) is 0 Å². The van der Waals surface area contributed by atoms with E-state index in [4.69, 9.17) is 4.74 Å². The molecule has 0 heterocycles. The summed E-state index contributed by atoms with van der Waals surface area (Å²) in [5, 5.41) is 0. The van der Waals surface area contributed by atoms with E-state index >= 15 is 0 Å². The minimum atomic E-state index is 0.337. The summed E-state index contributed by atoms with van der Waals surface area (Å²) in [6.07, 6.45) is 7.41. The van der Waals surface area contributed by atoms with Gasteiger partial charge in [-0.2, -0.15) is 0 Å². The van der Waals surface area contributed by atoms with Gasteiger partial charge >= 0.3 is 0 Å². The molecule has 2 rings (SSSR count). The first-order chi connectivity index (χ1) is 6.75. The molecule has 2 heteroatoms. The fourth-order valence-electron chi connectivity index (χ4n) is 2.12. The number of ether oxygens (including phenoxy) is 1. The number of Topliss-reactive ketones (excluding diaryl/α,β-unsaturated/α-hetero) is 1. The minimum Gasteiger partial charge on any atom is -0.370 e. The molecule has 2 aliphatic carbocycles. The molecule has 0 radical (unpaired) electrons. The van der Waals surface area contributed by atoms with E-state index in [9.17, 15) is 4.79 Å². The standard InChI is InChI=1S/C12H20O2/c1-9-2-6-11(7-3-9)14-8-12(13)10-4-5-10/h9-11H,2-8H2,1H3. The lowest BCUT2D eigenvalue weighted by Crippen LogP contribution is -2.23. The SMILES string of the molecule is CC1CCC(OCC(=O)C2CC2)CC1. The first kappa shape index (κ1) is 10.2. The zero-order chi connectivity index (χ0) is 9.97. The zero-order valence-electron chi connectivity index (χ0n) is 9.00. The van der Waals surface area contributed by atoms with Gasteiger partial charge in [0.05, 0.1) is 6.10 Å². The fourth-order valence-corrected chi connectivity index (χ4v) is 2.12. The van der Waals surface area contributed by atoms with Crippen LogP contribution in [-0.4, -0.2) is 18.5 Å². The Morgan fingerprint density at radius 2 is 1.79 bits per heavy atom. The van der Waals surface area contributed by atoms with Crippen molar-refractivity contribution >= 4 is 5.78 Å². The molecular formula is C12H20O2. The van der Waals surface area contributed by atoms with Crippen LogP contribution in [-0.2, 0) is 9.53 Å². The predicted molar refractivity (Wildman–Crippen MR) is 55.1 cm³/mol. The van der Waals surface area contributed by atoms with Crippen molar-refractivity contribution in [3.05, 3.63) is 0 Å². The van der Waals surface area contributed by atoms with E-state index in [1.54, 1.807) is 0 Å². The lowest BCUT2D eigenvalue weighted by Gasteiger charge is -2.25. The minimum absolute atomic E-state index is 0.337. The Bertz CT molecular complexity index is 200. The monoisotopic (exact) mass is 196 g/mol. The van der Waals surface area contributed by atoms with Crippen LogP contribution in [0, 0.1) is 11.8 Å². The molecule has 0 aliphatic heterocycles. The molecule has 0 aromatic heterocycles. The molecule has 0 spiro atoms.